The van der Waals surface area contributed by atoms with Crippen LogP contribution in [0.1, 0.15) is 32.8 Å². The largest absolute Gasteiger partial charge is 0.508 e. The van der Waals surface area contributed by atoms with Crippen LogP contribution in [0.25, 0.3) is 0 Å². The van der Waals surface area contributed by atoms with E-state index in [1.54, 1.807) is 6.07 Å². The number of aromatic hydroxyl groups is 1. The van der Waals surface area contributed by atoms with E-state index < -0.39 is 0 Å². The van der Waals surface area contributed by atoms with Crippen LogP contribution in [0.2, 0.25) is 0 Å². The molecule has 0 fully saturated rings. The van der Waals surface area contributed by atoms with Crippen LogP contribution in [-0.4, -0.2) is 11.1 Å². The molecule has 1 unspecified atom stereocenters. The Kier molecular flexibility index (Phi) is 5.29. The number of phenols is 1. The van der Waals surface area contributed by atoms with Crippen LogP contribution < -0.4 is 5.32 Å². The van der Waals surface area contributed by atoms with Gasteiger partial charge in [-0.1, -0.05) is 29.8 Å². The molecule has 1 aromatic rings. The monoisotopic (exact) mass is 285 g/mol. The number of nitrogens with one attached hydrogen (secondary N) is 1. The van der Waals surface area contributed by atoms with Gasteiger partial charge >= 0.3 is 0 Å². The van der Waals surface area contributed by atoms with Crippen LogP contribution in [0, 0.1) is 5.92 Å². The van der Waals surface area contributed by atoms with E-state index in [2.05, 4.69) is 42.0 Å². The van der Waals surface area contributed by atoms with Crippen molar-refractivity contribution in [2.75, 3.05) is 0 Å². The Bertz CT molecular complexity index is 339. The molecule has 2 N–H and O–H groups in total. The van der Waals surface area contributed by atoms with Gasteiger partial charge in [-0.3, -0.25) is 0 Å². The lowest BCUT2D eigenvalue weighted by molar-refractivity contribution is 0.429. The van der Waals surface area contributed by atoms with Crippen LogP contribution in [0.3, 0.4) is 0 Å². The molecule has 0 amide bonds. The molecular weight excluding hydrogens is 266 g/mol. The fourth-order valence-corrected chi connectivity index (χ4v) is 2.18. The number of hydrogen-bond acceptors (Lipinski definition) is 2. The van der Waals surface area contributed by atoms with Crippen molar-refractivity contribution in [2.45, 2.75) is 39.8 Å². The summed E-state index contributed by atoms with van der Waals surface area (Å²) in [7, 11) is 0. The Balaban J connectivity index is 2.51. The highest BCUT2D eigenvalue weighted by atomic mass is 79.9. The van der Waals surface area contributed by atoms with Crippen LogP contribution in [0.15, 0.2) is 22.7 Å². The number of hydrogen-bond donors (Lipinski definition) is 2. The first kappa shape index (κ1) is 13.5. The highest BCUT2D eigenvalue weighted by Crippen LogP contribution is 2.21. The molecule has 0 aliphatic heterocycles. The summed E-state index contributed by atoms with van der Waals surface area (Å²) in [4.78, 5) is 0. The zero-order chi connectivity index (χ0) is 12.1. The van der Waals surface area contributed by atoms with Crippen molar-refractivity contribution in [3.05, 3.63) is 28.2 Å². The second kappa shape index (κ2) is 6.26. The molecule has 0 aliphatic rings. The summed E-state index contributed by atoms with van der Waals surface area (Å²) in [5.41, 5.74) is 0.935. The summed E-state index contributed by atoms with van der Waals surface area (Å²) in [5.74, 6) is 1.05. The normalized spacial score (nSPS) is 13.1. The molecule has 0 heterocycles. The summed E-state index contributed by atoms with van der Waals surface area (Å²) in [6.07, 6.45) is 1.15. The van der Waals surface area contributed by atoms with Gasteiger partial charge in [-0.15, -0.1) is 0 Å². The molecule has 90 valence electrons. The van der Waals surface area contributed by atoms with E-state index in [1.165, 1.54) is 0 Å². The van der Waals surface area contributed by atoms with Crippen molar-refractivity contribution in [1.29, 1.82) is 0 Å². The van der Waals surface area contributed by atoms with Crippen LogP contribution in [-0.2, 0) is 6.54 Å². The summed E-state index contributed by atoms with van der Waals surface area (Å²) < 4.78 is 0.999. The van der Waals surface area contributed by atoms with Gasteiger partial charge in [0.1, 0.15) is 5.75 Å². The van der Waals surface area contributed by atoms with Crippen molar-refractivity contribution in [3.63, 3.8) is 0 Å². The van der Waals surface area contributed by atoms with Gasteiger partial charge < -0.3 is 10.4 Å². The number of halogens is 1. The molecule has 1 rings (SSSR count). The molecule has 0 aliphatic carbocycles. The van der Waals surface area contributed by atoms with Gasteiger partial charge in [-0.2, -0.15) is 0 Å². The third-order valence-electron chi connectivity index (χ3n) is 2.51. The van der Waals surface area contributed by atoms with Gasteiger partial charge in [0.25, 0.3) is 0 Å². The van der Waals surface area contributed by atoms with Gasteiger partial charge in [-0.05, 0) is 37.5 Å². The van der Waals surface area contributed by atoms with E-state index in [0.717, 1.165) is 16.5 Å². The van der Waals surface area contributed by atoms with Crippen molar-refractivity contribution >= 4 is 15.9 Å². The van der Waals surface area contributed by atoms with E-state index in [-0.39, 0.29) is 0 Å². The SMILES string of the molecule is CC(C)CC(C)NCc1cc(Br)ccc1O. The lowest BCUT2D eigenvalue weighted by Gasteiger charge is -2.16. The minimum Gasteiger partial charge on any atom is -0.508 e. The molecule has 0 aromatic heterocycles. The molecule has 0 saturated carbocycles. The average molecular weight is 286 g/mol. The zero-order valence-electron chi connectivity index (χ0n) is 10.1. The third-order valence-corrected chi connectivity index (χ3v) is 3.00. The Labute approximate surface area is 106 Å². The van der Waals surface area contributed by atoms with Crippen molar-refractivity contribution in [3.8, 4) is 5.75 Å². The van der Waals surface area contributed by atoms with Gasteiger partial charge in [0.15, 0.2) is 0 Å². The van der Waals surface area contributed by atoms with E-state index in [1.807, 2.05) is 12.1 Å². The fourth-order valence-electron chi connectivity index (χ4n) is 1.77. The standard InChI is InChI=1S/C13H20BrNO/c1-9(2)6-10(3)15-8-11-7-12(14)4-5-13(11)16/h4-5,7,9-10,15-16H,6,8H2,1-3H3. The molecule has 0 radical (unpaired) electrons. The second-order valence-electron chi connectivity index (χ2n) is 4.68. The zero-order valence-corrected chi connectivity index (χ0v) is 11.7. The van der Waals surface area contributed by atoms with Crippen molar-refractivity contribution in [2.24, 2.45) is 5.92 Å². The summed E-state index contributed by atoms with van der Waals surface area (Å²) >= 11 is 3.40. The first-order valence-electron chi connectivity index (χ1n) is 5.69. The van der Waals surface area contributed by atoms with E-state index in [4.69, 9.17) is 0 Å². The molecule has 3 heteroatoms. The number of benzene rings is 1. The third kappa shape index (κ3) is 4.54. The minimum absolute atomic E-state index is 0.354. The maximum Gasteiger partial charge on any atom is 0.120 e. The maximum atomic E-state index is 9.67. The van der Waals surface area contributed by atoms with Gasteiger partial charge in [0.05, 0.1) is 0 Å². The van der Waals surface area contributed by atoms with Crippen LogP contribution in [0.4, 0.5) is 0 Å². The minimum atomic E-state index is 0.354. The van der Waals surface area contributed by atoms with Crippen molar-refractivity contribution < 1.29 is 5.11 Å². The van der Waals surface area contributed by atoms with E-state index >= 15 is 0 Å². The number of phenolic OH excluding ortho intramolecular Hbond substituents is 1. The van der Waals surface area contributed by atoms with Crippen LogP contribution in [0.5, 0.6) is 5.75 Å². The molecule has 0 spiro atoms. The van der Waals surface area contributed by atoms with Gasteiger partial charge in [-0.25, -0.2) is 0 Å². The van der Waals surface area contributed by atoms with Crippen molar-refractivity contribution in [1.82, 2.24) is 5.32 Å². The molecule has 1 atom stereocenters. The molecule has 2 nitrogen and oxygen atoms in total. The maximum absolute atomic E-state index is 9.67. The topological polar surface area (TPSA) is 32.3 Å². The summed E-state index contributed by atoms with van der Waals surface area (Å²) in [6.45, 7) is 7.32. The predicted molar refractivity (Wildman–Crippen MR) is 71.6 cm³/mol. The lowest BCUT2D eigenvalue weighted by atomic mass is 10.0. The Morgan fingerprint density at radius 3 is 2.62 bits per heavy atom. The van der Waals surface area contributed by atoms with Crippen LogP contribution >= 0.6 is 15.9 Å². The number of rotatable bonds is 5. The Morgan fingerprint density at radius 2 is 2.00 bits per heavy atom. The predicted octanol–water partition coefficient (Wildman–Crippen LogP) is 3.68. The molecule has 16 heavy (non-hydrogen) atoms. The molecule has 1 aromatic carbocycles. The molecular formula is C13H20BrNO. The summed E-state index contributed by atoms with van der Waals surface area (Å²) in [5, 5.41) is 13.1. The van der Waals surface area contributed by atoms with E-state index in [0.29, 0.717) is 24.3 Å². The lowest BCUT2D eigenvalue weighted by Crippen LogP contribution is -2.26. The van der Waals surface area contributed by atoms with Gasteiger partial charge in [0.2, 0.25) is 0 Å². The fraction of sp³-hybridized carbons (Fsp3) is 0.538. The second-order valence-corrected chi connectivity index (χ2v) is 5.60. The first-order valence-corrected chi connectivity index (χ1v) is 6.49. The van der Waals surface area contributed by atoms with E-state index in [9.17, 15) is 5.11 Å². The first-order chi connectivity index (χ1) is 7.49. The molecule has 0 saturated heterocycles. The highest BCUT2D eigenvalue weighted by molar-refractivity contribution is 9.10. The smallest absolute Gasteiger partial charge is 0.120 e. The highest BCUT2D eigenvalue weighted by Gasteiger charge is 2.06. The quantitative estimate of drug-likeness (QED) is 0.865. The Morgan fingerprint density at radius 1 is 1.31 bits per heavy atom. The molecule has 0 bridgehead atoms. The summed E-state index contributed by atoms with van der Waals surface area (Å²) in [6, 6.07) is 5.98. The van der Waals surface area contributed by atoms with Gasteiger partial charge in [0, 0.05) is 22.6 Å². The average Bonchev–Trinajstić information content (AvgIpc) is 2.18. The Hall–Kier alpha value is -0.540.